The first-order chi connectivity index (χ1) is 14.7. The maximum atomic E-state index is 13.0. The number of carbonyl (C=O) groups excluding carboxylic acids is 1. The van der Waals surface area contributed by atoms with E-state index in [4.69, 9.17) is 9.47 Å². The quantitative estimate of drug-likeness (QED) is 0.595. The number of amides is 1. The summed E-state index contributed by atoms with van der Waals surface area (Å²) in [6, 6.07) is 11.1. The Bertz CT molecular complexity index is 1180. The van der Waals surface area contributed by atoms with Crippen LogP contribution in [0, 0.1) is 0 Å². The number of hydrogen-bond donors (Lipinski definition) is 1. The van der Waals surface area contributed by atoms with Gasteiger partial charge in [0.05, 0.1) is 25.2 Å². The smallest absolute Gasteiger partial charge is 0.244 e. The average Bonchev–Trinajstić information content (AvgIpc) is 3.01. The summed E-state index contributed by atoms with van der Waals surface area (Å²) in [5.41, 5.74) is 0.855. The number of carbonyl (C=O) groups is 1. The highest BCUT2D eigenvalue weighted by Gasteiger charge is 2.37. The van der Waals surface area contributed by atoms with Crippen molar-refractivity contribution in [2.45, 2.75) is 24.7 Å². The molecular formula is C20H24N2O7S2. The molecule has 11 heteroatoms. The molecule has 1 aliphatic heterocycles. The van der Waals surface area contributed by atoms with Crippen LogP contribution in [0.25, 0.3) is 0 Å². The summed E-state index contributed by atoms with van der Waals surface area (Å²) in [6.07, 6.45) is 0.273. The lowest BCUT2D eigenvalue weighted by Crippen LogP contribution is -2.30. The maximum Gasteiger partial charge on any atom is 0.244 e. The molecular weight excluding hydrogens is 444 g/mol. The van der Waals surface area contributed by atoms with Crippen molar-refractivity contribution in [3.8, 4) is 11.5 Å². The Morgan fingerprint density at radius 2 is 1.94 bits per heavy atom. The summed E-state index contributed by atoms with van der Waals surface area (Å²) in [7, 11) is -6.31. The molecule has 168 valence electrons. The van der Waals surface area contributed by atoms with Crippen molar-refractivity contribution < 1.29 is 31.1 Å². The zero-order valence-electron chi connectivity index (χ0n) is 17.2. The SMILES string of the molecule is CCOc1ccc(N2C(=O)CCS2(=O)=O)cc1S(=O)(=O)NCCc1cccc(OC)c1. The average molecular weight is 469 g/mol. The first kappa shape index (κ1) is 23.0. The van der Waals surface area contributed by atoms with Crippen LogP contribution in [0.3, 0.4) is 0 Å². The summed E-state index contributed by atoms with van der Waals surface area (Å²) in [6.45, 7) is 2.02. The van der Waals surface area contributed by atoms with Gasteiger partial charge < -0.3 is 9.47 Å². The highest BCUT2D eigenvalue weighted by atomic mass is 32.2. The van der Waals surface area contributed by atoms with E-state index in [1.54, 1.807) is 20.1 Å². The van der Waals surface area contributed by atoms with E-state index in [2.05, 4.69) is 4.72 Å². The van der Waals surface area contributed by atoms with E-state index >= 15 is 0 Å². The Labute approximate surface area is 182 Å². The van der Waals surface area contributed by atoms with Crippen molar-refractivity contribution in [1.82, 2.24) is 4.72 Å². The molecule has 0 saturated carbocycles. The number of hydrogen-bond acceptors (Lipinski definition) is 7. The van der Waals surface area contributed by atoms with Gasteiger partial charge in [0, 0.05) is 13.0 Å². The molecule has 0 aliphatic carbocycles. The minimum Gasteiger partial charge on any atom is -0.497 e. The lowest BCUT2D eigenvalue weighted by molar-refractivity contribution is -0.116. The Hall–Kier alpha value is -2.63. The molecule has 1 amide bonds. The van der Waals surface area contributed by atoms with Gasteiger partial charge in [-0.1, -0.05) is 12.1 Å². The fourth-order valence-electron chi connectivity index (χ4n) is 3.21. The van der Waals surface area contributed by atoms with Gasteiger partial charge in [0.15, 0.2) is 0 Å². The van der Waals surface area contributed by atoms with Crippen LogP contribution in [0.5, 0.6) is 11.5 Å². The van der Waals surface area contributed by atoms with Crippen LogP contribution < -0.4 is 18.5 Å². The molecule has 2 aromatic rings. The van der Waals surface area contributed by atoms with Gasteiger partial charge in [-0.05, 0) is 49.2 Å². The van der Waals surface area contributed by atoms with Crippen molar-refractivity contribution in [3.05, 3.63) is 48.0 Å². The maximum absolute atomic E-state index is 13.0. The third-order valence-corrected chi connectivity index (χ3v) is 7.84. The molecule has 1 N–H and O–H groups in total. The fourth-order valence-corrected chi connectivity index (χ4v) is 5.86. The number of anilines is 1. The second-order valence-corrected chi connectivity index (χ2v) is 10.5. The molecule has 1 heterocycles. The van der Waals surface area contributed by atoms with Gasteiger partial charge in [-0.25, -0.2) is 25.9 Å². The summed E-state index contributed by atoms with van der Waals surface area (Å²) < 4.78 is 64.2. The highest BCUT2D eigenvalue weighted by molar-refractivity contribution is 7.94. The third kappa shape index (κ3) is 5.17. The molecule has 9 nitrogen and oxygen atoms in total. The van der Waals surface area contributed by atoms with Crippen LogP contribution in [0.1, 0.15) is 18.9 Å². The Balaban J connectivity index is 1.86. The predicted molar refractivity (Wildman–Crippen MR) is 115 cm³/mol. The lowest BCUT2D eigenvalue weighted by Gasteiger charge is -2.18. The Morgan fingerprint density at radius 1 is 1.16 bits per heavy atom. The highest BCUT2D eigenvalue weighted by Crippen LogP contribution is 2.32. The number of benzene rings is 2. The molecule has 2 aromatic carbocycles. The molecule has 1 fully saturated rings. The van der Waals surface area contributed by atoms with Gasteiger partial charge in [0.2, 0.25) is 26.0 Å². The van der Waals surface area contributed by atoms with Gasteiger partial charge in [-0.15, -0.1) is 0 Å². The number of methoxy groups -OCH3 is 1. The molecule has 3 rings (SSSR count). The van der Waals surface area contributed by atoms with Crippen LogP contribution in [0.15, 0.2) is 47.4 Å². The van der Waals surface area contributed by atoms with E-state index in [1.165, 1.54) is 12.1 Å². The van der Waals surface area contributed by atoms with Crippen molar-refractivity contribution in [1.29, 1.82) is 0 Å². The molecule has 0 atom stereocenters. The number of rotatable bonds is 9. The standard InChI is InChI=1S/C20H24N2O7S2/c1-3-29-18-8-7-16(22-20(23)10-12-30(22,24)25)14-19(18)31(26,27)21-11-9-15-5-4-6-17(13-15)28-2/h4-8,13-14,21H,3,9-12H2,1-2H3. The largest absolute Gasteiger partial charge is 0.497 e. The van der Waals surface area contributed by atoms with E-state index in [9.17, 15) is 21.6 Å². The van der Waals surface area contributed by atoms with E-state index in [0.717, 1.165) is 11.6 Å². The number of ether oxygens (including phenoxy) is 2. The molecule has 0 aromatic heterocycles. The molecule has 0 radical (unpaired) electrons. The van der Waals surface area contributed by atoms with Crippen molar-refractivity contribution in [2.75, 3.05) is 30.3 Å². The van der Waals surface area contributed by atoms with Gasteiger partial charge >= 0.3 is 0 Å². The van der Waals surface area contributed by atoms with Gasteiger partial charge in [0.1, 0.15) is 16.4 Å². The van der Waals surface area contributed by atoms with Crippen LogP contribution in [0.2, 0.25) is 0 Å². The Morgan fingerprint density at radius 3 is 2.58 bits per heavy atom. The molecule has 1 aliphatic rings. The van der Waals surface area contributed by atoms with E-state index < -0.39 is 26.0 Å². The predicted octanol–water partition coefficient (Wildman–Crippen LogP) is 1.68. The van der Waals surface area contributed by atoms with E-state index in [-0.39, 0.29) is 41.7 Å². The number of sulfonamides is 2. The zero-order chi connectivity index (χ0) is 22.6. The fraction of sp³-hybridized carbons (Fsp3) is 0.350. The van der Waals surface area contributed by atoms with Crippen molar-refractivity contribution in [3.63, 3.8) is 0 Å². The van der Waals surface area contributed by atoms with Crippen LogP contribution >= 0.6 is 0 Å². The summed E-state index contributed by atoms with van der Waals surface area (Å²) in [4.78, 5) is 11.9. The normalized spacial score (nSPS) is 15.8. The summed E-state index contributed by atoms with van der Waals surface area (Å²) in [5, 5.41) is 0. The second kappa shape index (κ2) is 9.25. The minimum atomic E-state index is -4.04. The van der Waals surface area contributed by atoms with Gasteiger partial charge in [0.25, 0.3) is 0 Å². The zero-order valence-corrected chi connectivity index (χ0v) is 18.8. The lowest BCUT2D eigenvalue weighted by atomic mass is 10.1. The summed E-state index contributed by atoms with van der Waals surface area (Å²) in [5.74, 6) is -0.161. The van der Waals surface area contributed by atoms with Crippen LogP contribution in [-0.2, 0) is 31.3 Å². The first-order valence-electron chi connectivity index (χ1n) is 9.63. The first-order valence-corrected chi connectivity index (χ1v) is 12.7. The second-order valence-electron chi connectivity index (χ2n) is 6.79. The summed E-state index contributed by atoms with van der Waals surface area (Å²) >= 11 is 0. The van der Waals surface area contributed by atoms with Crippen molar-refractivity contribution in [2.24, 2.45) is 0 Å². The molecule has 31 heavy (non-hydrogen) atoms. The van der Waals surface area contributed by atoms with Gasteiger partial charge in [-0.2, -0.15) is 0 Å². The Kier molecular flexibility index (Phi) is 6.87. The molecule has 0 spiro atoms. The van der Waals surface area contributed by atoms with Gasteiger partial charge in [-0.3, -0.25) is 4.79 Å². The minimum absolute atomic E-state index is 0.0286. The van der Waals surface area contributed by atoms with E-state index in [1.807, 2.05) is 18.2 Å². The monoisotopic (exact) mass is 468 g/mol. The van der Waals surface area contributed by atoms with Crippen LogP contribution in [-0.4, -0.2) is 48.8 Å². The van der Waals surface area contributed by atoms with Crippen molar-refractivity contribution >= 4 is 31.6 Å². The van der Waals surface area contributed by atoms with E-state index in [0.29, 0.717) is 16.5 Å². The number of nitrogens with one attached hydrogen (secondary N) is 1. The molecule has 1 saturated heterocycles. The molecule has 0 bridgehead atoms. The third-order valence-electron chi connectivity index (χ3n) is 4.67. The number of nitrogens with zero attached hydrogens (tertiary/aromatic N) is 1. The molecule has 0 unspecified atom stereocenters. The van der Waals surface area contributed by atoms with Crippen LogP contribution in [0.4, 0.5) is 5.69 Å². The topological polar surface area (TPSA) is 119 Å².